The van der Waals surface area contributed by atoms with E-state index in [1.807, 2.05) is 0 Å². The second kappa shape index (κ2) is 9.27. The molecule has 0 saturated heterocycles. The first-order valence-electron chi connectivity index (χ1n) is 3.66. The van der Waals surface area contributed by atoms with Crippen LogP contribution in [0.1, 0.15) is 19.3 Å². The van der Waals surface area contributed by atoms with Gasteiger partial charge < -0.3 is 4.74 Å². The smallest absolute Gasteiger partial charge is 0.0462 e. The van der Waals surface area contributed by atoms with Crippen LogP contribution in [-0.4, -0.2) is 26.5 Å². The highest BCUT2D eigenvalue weighted by Crippen LogP contribution is 1.94. The van der Waals surface area contributed by atoms with E-state index in [0.29, 0.717) is 0 Å². The molecule has 0 heterocycles. The molecule has 0 aromatic heterocycles. The van der Waals surface area contributed by atoms with Crippen LogP contribution in [0.5, 0.6) is 0 Å². The van der Waals surface area contributed by atoms with Crippen molar-refractivity contribution in [1.82, 2.24) is 4.72 Å². The average Bonchev–Trinajstić information content (AvgIpc) is 1.97. The lowest BCUT2D eigenvalue weighted by molar-refractivity contribution is 0.192. The van der Waals surface area contributed by atoms with Gasteiger partial charge in [-0.05, 0) is 25.5 Å². The summed E-state index contributed by atoms with van der Waals surface area (Å²) >= 11 is 1.68. The molecule has 0 saturated carbocycles. The molecule has 0 atom stereocenters. The Hall–Kier alpha value is 0.270. The van der Waals surface area contributed by atoms with Gasteiger partial charge in [0.25, 0.3) is 0 Å². The van der Waals surface area contributed by atoms with Crippen molar-refractivity contribution in [3.05, 3.63) is 0 Å². The Kier molecular flexibility index (Phi) is 9.52. The molecule has 0 spiro atoms. The van der Waals surface area contributed by atoms with Crippen molar-refractivity contribution in [1.29, 1.82) is 0 Å². The van der Waals surface area contributed by atoms with Crippen molar-refractivity contribution in [3.8, 4) is 0 Å². The van der Waals surface area contributed by atoms with Gasteiger partial charge in [0.05, 0.1) is 0 Å². The summed E-state index contributed by atoms with van der Waals surface area (Å²) in [7, 11) is 1.75. The molecule has 3 heteroatoms. The highest BCUT2D eigenvalue weighted by atomic mass is 32.2. The maximum absolute atomic E-state index is 4.92. The van der Waals surface area contributed by atoms with E-state index in [1.165, 1.54) is 19.3 Å². The normalized spacial score (nSPS) is 10.2. The van der Waals surface area contributed by atoms with Crippen molar-refractivity contribution < 1.29 is 4.74 Å². The third-order valence-electron chi connectivity index (χ3n) is 1.27. The van der Waals surface area contributed by atoms with Gasteiger partial charge in [0.2, 0.25) is 0 Å². The summed E-state index contributed by atoms with van der Waals surface area (Å²) in [6.07, 6.45) is 5.76. The summed E-state index contributed by atoms with van der Waals surface area (Å²) in [5.41, 5.74) is 0. The number of ether oxygens (including phenoxy) is 1. The fourth-order valence-corrected chi connectivity index (χ4v) is 1.07. The van der Waals surface area contributed by atoms with E-state index in [2.05, 4.69) is 11.0 Å². The number of methoxy groups -OCH3 is 1. The lowest BCUT2D eigenvalue weighted by Crippen LogP contribution is -2.04. The monoisotopic (exact) mass is 163 g/mol. The number of unbranched alkanes of at least 4 members (excludes halogenated alkanes) is 2. The Balaban J connectivity index is 2.65. The summed E-state index contributed by atoms with van der Waals surface area (Å²) in [6, 6.07) is 0. The van der Waals surface area contributed by atoms with E-state index in [9.17, 15) is 0 Å². The Morgan fingerprint density at radius 2 is 2.10 bits per heavy atom. The molecule has 0 rings (SSSR count). The molecule has 0 amide bonds. The molecule has 0 bridgehead atoms. The fourth-order valence-electron chi connectivity index (χ4n) is 0.722. The molecular weight excluding hydrogens is 146 g/mol. The number of rotatable bonds is 7. The van der Waals surface area contributed by atoms with Crippen LogP contribution in [0, 0.1) is 0 Å². The third-order valence-corrected chi connectivity index (χ3v) is 1.76. The van der Waals surface area contributed by atoms with Crippen LogP contribution >= 0.6 is 11.9 Å². The summed E-state index contributed by atoms with van der Waals surface area (Å²) in [5.74, 6) is 0. The molecular formula is C7H17NOS. The molecule has 0 aliphatic carbocycles. The minimum atomic E-state index is 0.902. The van der Waals surface area contributed by atoms with E-state index in [-0.39, 0.29) is 0 Å². The van der Waals surface area contributed by atoms with Gasteiger partial charge in [0.15, 0.2) is 0 Å². The van der Waals surface area contributed by atoms with Crippen molar-refractivity contribution >= 4 is 11.9 Å². The van der Waals surface area contributed by atoms with Crippen molar-refractivity contribution in [2.75, 3.05) is 26.5 Å². The molecule has 0 fully saturated rings. The quantitative estimate of drug-likeness (QED) is 0.455. The van der Waals surface area contributed by atoms with Crippen LogP contribution in [0.15, 0.2) is 0 Å². The number of hydrogen-bond acceptors (Lipinski definition) is 3. The van der Waals surface area contributed by atoms with Gasteiger partial charge in [0.1, 0.15) is 0 Å². The Bertz CT molecular complexity index is 53.6. The molecule has 62 valence electrons. The molecule has 10 heavy (non-hydrogen) atoms. The molecule has 1 N–H and O–H groups in total. The van der Waals surface area contributed by atoms with E-state index in [1.54, 1.807) is 19.1 Å². The number of nitrogens with one attached hydrogen (secondary N) is 1. The Labute approximate surface area is 67.9 Å². The largest absolute Gasteiger partial charge is 0.385 e. The first-order chi connectivity index (χ1) is 4.91. The maximum Gasteiger partial charge on any atom is 0.0462 e. The van der Waals surface area contributed by atoms with Crippen LogP contribution in [0.3, 0.4) is 0 Å². The van der Waals surface area contributed by atoms with Gasteiger partial charge in [-0.2, -0.15) is 0 Å². The van der Waals surface area contributed by atoms with Crippen LogP contribution < -0.4 is 4.72 Å². The molecule has 0 aliphatic rings. The Morgan fingerprint density at radius 3 is 2.70 bits per heavy atom. The summed E-state index contributed by atoms with van der Waals surface area (Å²) in [6.45, 7) is 2.02. The van der Waals surface area contributed by atoms with Gasteiger partial charge in [-0.1, -0.05) is 11.9 Å². The summed E-state index contributed by atoms with van der Waals surface area (Å²) in [4.78, 5) is 0. The molecule has 0 radical (unpaired) electrons. The van der Waals surface area contributed by atoms with Gasteiger partial charge >= 0.3 is 0 Å². The van der Waals surface area contributed by atoms with Gasteiger partial charge in [-0.15, -0.1) is 0 Å². The summed E-state index contributed by atoms with van der Waals surface area (Å²) in [5, 5.41) is 0. The highest BCUT2D eigenvalue weighted by molar-refractivity contribution is 7.96. The molecule has 0 aromatic rings. The predicted octanol–water partition coefficient (Wildman–Crippen LogP) is 1.67. The van der Waals surface area contributed by atoms with E-state index in [0.717, 1.165) is 13.2 Å². The predicted molar refractivity (Wildman–Crippen MR) is 47.2 cm³/mol. The zero-order valence-corrected chi connectivity index (χ0v) is 7.67. The third kappa shape index (κ3) is 8.27. The molecule has 0 unspecified atom stereocenters. The van der Waals surface area contributed by atoms with Gasteiger partial charge in [0, 0.05) is 20.3 Å². The Morgan fingerprint density at radius 1 is 1.30 bits per heavy atom. The fraction of sp³-hybridized carbons (Fsp3) is 1.00. The average molecular weight is 163 g/mol. The second-order valence-corrected chi connectivity index (χ2v) is 2.85. The van der Waals surface area contributed by atoms with Gasteiger partial charge in [-0.25, -0.2) is 0 Å². The standard InChI is InChI=1S/C7H17NOS/c1-9-7-5-3-4-6-8-10-2/h8H,3-7H2,1-2H3. The van der Waals surface area contributed by atoms with Crippen LogP contribution in [0.4, 0.5) is 0 Å². The molecule has 0 aliphatic heterocycles. The maximum atomic E-state index is 4.92. The van der Waals surface area contributed by atoms with E-state index >= 15 is 0 Å². The van der Waals surface area contributed by atoms with Crippen molar-refractivity contribution in [3.63, 3.8) is 0 Å². The molecule has 0 aromatic carbocycles. The first kappa shape index (κ1) is 10.3. The van der Waals surface area contributed by atoms with Crippen LogP contribution in [0.25, 0.3) is 0 Å². The highest BCUT2D eigenvalue weighted by Gasteiger charge is 1.86. The minimum Gasteiger partial charge on any atom is -0.385 e. The second-order valence-electron chi connectivity index (χ2n) is 2.15. The minimum absolute atomic E-state index is 0.902. The zero-order chi connectivity index (χ0) is 7.66. The molecule has 2 nitrogen and oxygen atoms in total. The van der Waals surface area contributed by atoms with Crippen molar-refractivity contribution in [2.24, 2.45) is 0 Å². The van der Waals surface area contributed by atoms with E-state index < -0.39 is 0 Å². The SMILES string of the molecule is COCCCCCNSC. The lowest BCUT2D eigenvalue weighted by atomic mass is 10.2. The van der Waals surface area contributed by atoms with Crippen LogP contribution in [-0.2, 0) is 4.74 Å². The first-order valence-corrected chi connectivity index (χ1v) is 4.89. The van der Waals surface area contributed by atoms with E-state index in [4.69, 9.17) is 4.74 Å². The van der Waals surface area contributed by atoms with Gasteiger partial charge in [-0.3, -0.25) is 4.72 Å². The zero-order valence-electron chi connectivity index (χ0n) is 6.85. The van der Waals surface area contributed by atoms with Crippen molar-refractivity contribution in [2.45, 2.75) is 19.3 Å². The summed E-state index contributed by atoms with van der Waals surface area (Å²) < 4.78 is 8.12. The lowest BCUT2D eigenvalue weighted by Gasteiger charge is -1.99. The topological polar surface area (TPSA) is 21.3 Å². The number of hydrogen-bond donors (Lipinski definition) is 1. The van der Waals surface area contributed by atoms with Crippen LogP contribution in [0.2, 0.25) is 0 Å².